The lowest BCUT2D eigenvalue weighted by Gasteiger charge is -2.33. The lowest BCUT2D eigenvalue weighted by atomic mass is 9.82. The monoisotopic (exact) mass is 313 g/mol. The number of rotatable bonds is 6. The van der Waals surface area contributed by atoms with Crippen LogP contribution in [-0.2, 0) is 10.0 Å². The van der Waals surface area contributed by atoms with Gasteiger partial charge in [-0.1, -0.05) is 20.8 Å². The molecule has 5 nitrogen and oxygen atoms in total. The molecule has 0 saturated carbocycles. The van der Waals surface area contributed by atoms with E-state index in [-0.39, 0.29) is 10.4 Å². The maximum absolute atomic E-state index is 12.6. The first-order valence-corrected chi connectivity index (χ1v) is 8.68. The van der Waals surface area contributed by atoms with E-state index in [1.54, 1.807) is 12.1 Å². The van der Waals surface area contributed by atoms with Crippen molar-refractivity contribution in [1.82, 2.24) is 9.71 Å². The number of sulfonamides is 1. The van der Waals surface area contributed by atoms with E-state index in [9.17, 15) is 8.42 Å². The number of aromatic nitrogens is 1. The van der Waals surface area contributed by atoms with Gasteiger partial charge in [-0.2, -0.15) is 0 Å². The highest BCUT2D eigenvalue weighted by molar-refractivity contribution is 7.89. The van der Waals surface area contributed by atoms with Crippen LogP contribution in [0.25, 0.3) is 0 Å². The molecule has 0 aliphatic heterocycles. The molecule has 0 saturated heterocycles. The van der Waals surface area contributed by atoms with Crippen LogP contribution in [0.5, 0.6) is 0 Å². The largest absolute Gasteiger partial charge is 0.383 e. The third kappa shape index (κ3) is 5.63. The summed E-state index contributed by atoms with van der Waals surface area (Å²) in [5, 5.41) is 3.08. The van der Waals surface area contributed by atoms with E-state index in [2.05, 4.69) is 35.8 Å². The summed E-state index contributed by atoms with van der Waals surface area (Å²) in [5.74, 6) is 0. The molecule has 1 aromatic heterocycles. The number of nitrogens with zero attached hydrogens (tertiary/aromatic N) is 1. The minimum absolute atomic E-state index is 0.0284. The van der Waals surface area contributed by atoms with E-state index < -0.39 is 15.6 Å². The molecule has 0 aliphatic rings. The second kappa shape index (κ2) is 6.32. The summed E-state index contributed by atoms with van der Waals surface area (Å²) in [6, 6.07) is 3.44. The minimum atomic E-state index is -3.67. The number of anilines is 1. The summed E-state index contributed by atoms with van der Waals surface area (Å²) in [6.45, 7) is 12.6. The summed E-state index contributed by atoms with van der Waals surface area (Å²) >= 11 is 0. The number of pyridine rings is 1. The Morgan fingerprint density at radius 1 is 1.19 bits per heavy atom. The third-order valence-corrected chi connectivity index (χ3v) is 4.43. The number of nitrogens with one attached hydrogen (secondary N) is 2. The van der Waals surface area contributed by atoms with Gasteiger partial charge in [-0.05, 0) is 44.7 Å². The Morgan fingerprint density at radius 3 is 2.33 bits per heavy atom. The molecule has 0 aromatic carbocycles. The molecular formula is C15H27N3O2S. The Morgan fingerprint density at radius 2 is 1.81 bits per heavy atom. The maximum Gasteiger partial charge on any atom is 0.260 e. The van der Waals surface area contributed by atoms with Crippen molar-refractivity contribution in [2.45, 2.75) is 58.5 Å². The van der Waals surface area contributed by atoms with Crippen LogP contribution in [-0.4, -0.2) is 25.5 Å². The van der Waals surface area contributed by atoms with Crippen LogP contribution in [0.2, 0.25) is 0 Å². The van der Waals surface area contributed by atoms with Gasteiger partial charge >= 0.3 is 0 Å². The molecule has 1 aromatic rings. The maximum atomic E-state index is 12.6. The second-order valence-electron chi connectivity index (χ2n) is 7.11. The molecule has 0 fully saturated rings. The molecule has 6 heteroatoms. The average molecular weight is 313 g/mol. The van der Waals surface area contributed by atoms with Gasteiger partial charge in [0.1, 0.15) is 0 Å². The average Bonchev–Trinajstić information content (AvgIpc) is 2.24. The highest BCUT2D eigenvalue weighted by Crippen LogP contribution is 2.28. The highest BCUT2D eigenvalue weighted by atomic mass is 32.2. The summed E-state index contributed by atoms with van der Waals surface area (Å²) < 4.78 is 28.0. The van der Waals surface area contributed by atoms with Crippen molar-refractivity contribution in [2.24, 2.45) is 5.41 Å². The van der Waals surface area contributed by atoms with Gasteiger partial charge < -0.3 is 5.32 Å². The van der Waals surface area contributed by atoms with Crippen LogP contribution in [0.1, 0.15) is 48.0 Å². The SMILES string of the molecule is CCNc1cccnc1S(=O)(=O)NC(C)(C)CC(C)(C)C. The van der Waals surface area contributed by atoms with E-state index in [0.29, 0.717) is 12.2 Å². The zero-order valence-corrected chi connectivity index (χ0v) is 14.6. The number of hydrogen-bond acceptors (Lipinski definition) is 4. The minimum Gasteiger partial charge on any atom is -0.383 e. The smallest absolute Gasteiger partial charge is 0.260 e. The third-order valence-electron chi connectivity index (χ3n) is 2.78. The van der Waals surface area contributed by atoms with E-state index in [1.165, 1.54) is 6.20 Å². The summed E-state index contributed by atoms with van der Waals surface area (Å²) in [7, 11) is -3.67. The first-order chi connectivity index (χ1) is 9.47. The molecule has 21 heavy (non-hydrogen) atoms. The van der Waals surface area contributed by atoms with E-state index in [0.717, 1.165) is 6.42 Å². The molecule has 0 radical (unpaired) electrons. The van der Waals surface area contributed by atoms with Gasteiger partial charge in [-0.15, -0.1) is 0 Å². The van der Waals surface area contributed by atoms with Crippen molar-refractivity contribution in [1.29, 1.82) is 0 Å². The van der Waals surface area contributed by atoms with Crippen molar-refractivity contribution in [3.8, 4) is 0 Å². The van der Waals surface area contributed by atoms with Gasteiger partial charge in [-0.3, -0.25) is 0 Å². The molecule has 120 valence electrons. The summed E-state index contributed by atoms with van der Waals surface area (Å²) in [5.41, 5.74) is 0.0118. The summed E-state index contributed by atoms with van der Waals surface area (Å²) in [6.07, 6.45) is 2.22. The lowest BCUT2D eigenvalue weighted by Crippen LogP contribution is -2.46. The van der Waals surface area contributed by atoms with Crippen LogP contribution < -0.4 is 10.0 Å². The van der Waals surface area contributed by atoms with Gasteiger partial charge in [0.25, 0.3) is 10.0 Å². The molecule has 0 unspecified atom stereocenters. The normalized spacial score (nSPS) is 13.2. The van der Waals surface area contributed by atoms with Gasteiger partial charge in [-0.25, -0.2) is 18.1 Å². The number of hydrogen-bond donors (Lipinski definition) is 2. The van der Waals surface area contributed by atoms with Crippen molar-refractivity contribution < 1.29 is 8.42 Å². The Hall–Kier alpha value is -1.14. The highest BCUT2D eigenvalue weighted by Gasteiger charge is 2.32. The predicted octanol–water partition coefficient (Wildman–Crippen LogP) is 3.01. The molecule has 0 bridgehead atoms. The molecular weight excluding hydrogens is 286 g/mol. The Labute approximate surface area is 128 Å². The van der Waals surface area contributed by atoms with Gasteiger partial charge in [0.05, 0.1) is 5.69 Å². The molecule has 1 heterocycles. The lowest BCUT2D eigenvalue weighted by molar-refractivity contribution is 0.269. The van der Waals surface area contributed by atoms with Gasteiger partial charge in [0.15, 0.2) is 5.03 Å². The molecule has 2 N–H and O–H groups in total. The molecule has 0 amide bonds. The van der Waals surface area contributed by atoms with E-state index in [1.807, 2.05) is 20.8 Å². The predicted molar refractivity (Wildman–Crippen MR) is 86.9 cm³/mol. The molecule has 0 aliphatic carbocycles. The first kappa shape index (κ1) is 17.9. The summed E-state index contributed by atoms with van der Waals surface area (Å²) in [4.78, 5) is 4.04. The fourth-order valence-corrected chi connectivity index (χ4v) is 4.23. The van der Waals surface area contributed by atoms with Crippen molar-refractivity contribution in [3.05, 3.63) is 18.3 Å². The fourth-order valence-electron chi connectivity index (χ4n) is 2.70. The van der Waals surface area contributed by atoms with Crippen LogP contribution >= 0.6 is 0 Å². The standard InChI is InChI=1S/C15H27N3O2S/c1-7-16-12-9-8-10-17-13(12)21(19,20)18-15(5,6)11-14(2,3)4/h8-10,16,18H,7,11H2,1-6H3. The Balaban J connectivity index is 3.07. The van der Waals surface area contributed by atoms with Crippen molar-refractivity contribution in [2.75, 3.05) is 11.9 Å². The topological polar surface area (TPSA) is 71.1 Å². The zero-order chi connectivity index (χ0) is 16.3. The van der Waals surface area contributed by atoms with Crippen molar-refractivity contribution >= 4 is 15.7 Å². The first-order valence-electron chi connectivity index (χ1n) is 7.20. The van der Waals surface area contributed by atoms with Crippen LogP contribution in [0.15, 0.2) is 23.4 Å². The van der Waals surface area contributed by atoms with Gasteiger partial charge in [0.2, 0.25) is 0 Å². The quantitative estimate of drug-likeness (QED) is 0.847. The fraction of sp³-hybridized carbons (Fsp3) is 0.667. The Bertz CT molecular complexity index is 575. The van der Waals surface area contributed by atoms with Crippen LogP contribution in [0.3, 0.4) is 0 Å². The van der Waals surface area contributed by atoms with Crippen molar-refractivity contribution in [3.63, 3.8) is 0 Å². The van der Waals surface area contributed by atoms with Crippen LogP contribution in [0.4, 0.5) is 5.69 Å². The van der Waals surface area contributed by atoms with E-state index >= 15 is 0 Å². The molecule has 0 atom stereocenters. The van der Waals surface area contributed by atoms with E-state index in [4.69, 9.17) is 0 Å². The molecule has 1 rings (SSSR count). The zero-order valence-electron chi connectivity index (χ0n) is 13.8. The van der Waals surface area contributed by atoms with Gasteiger partial charge in [0, 0.05) is 18.3 Å². The second-order valence-corrected chi connectivity index (χ2v) is 8.71. The molecule has 0 spiro atoms. The Kier molecular flexibility index (Phi) is 5.39. The van der Waals surface area contributed by atoms with Crippen LogP contribution in [0, 0.1) is 5.41 Å².